The molecule has 170 valence electrons. The third-order valence-electron chi connectivity index (χ3n) is 6.28. The van der Waals surface area contributed by atoms with Gasteiger partial charge in [-0.2, -0.15) is 4.98 Å². The van der Waals surface area contributed by atoms with Crippen LogP contribution in [0.4, 0.5) is 11.6 Å². The number of rotatable bonds is 4. The molecule has 1 aliphatic rings. The van der Waals surface area contributed by atoms with Gasteiger partial charge in [0.15, 0.2) is 5.65 Å². The van der Waals surface area contributed by atoms with E-state index < -0.39 is 0 Å². The van der Waals surface area contributed by atoms with Crippen molar-refractivity contribution in [2.45, 2.75) is 52.6 Å². The van der Waals surface area contributed by atoms with Gasteiger partial charge < -0.3 is 10.6 Å². The van der Waals surface area contributed by atoms with Crippen molar-refractivity contribution < 1.29 is 0 Å². The molecule has 2 aromatic heterocycles. The van der Waals surface area contributed by atoms with Crippen molar-refractivity contribution in [2.24, 2.45) is 0 Å². The van der Waals surface area contributed by atoms with Gasteiger partial charge in [-0.05, 0) is 66.3 Å². The molecular formula is C26H30N6O. The van der Waals surface area contributed by atoms with E-state index in [1.54, 1.807) is 10.9 Å². The lowest BCUT2D eigenvalue weighted by molar-refractivity contribution is 0.568. The van der Waals surface area contributed by atoms with Crippen molar-refractivity contribution >= 4 is 22.7 Å². The highest BCUT2D eigenvalue weighted by atomic mass is 16.1. The molecule has 0 aliphatic carbocycles. The molecule has 0 saturated carbocycles. The molecule has 7 heteroatoms. The normalized spacial score (nSPS) is 13.8. The number of anilines is 2. The molecule has 2 N–H and O–H groups in total. The topological polar surface area (TPSA) is 76.8 Å². The highest BCUT2D eigenvalue weighted by Gasteiger charge is 2.19. The number of hydrogen-bond donors (Lipinski definition) is 2. The van der Waals surface area contributed by atoms with Gasteiger partial charge in [-0.1, -0.05) is 39.0 Å². The average Bonchev–Trinajstić information content (AvgIpc) is 3.09. The van der Waals surface area contributed by atoms with Crippen LogP contribution in [-0.4, -0.2) is 25.9 Å². The summed E-state index contributed by atoms with van der Waals surface area (Å²) >= 11 is 0. The second kappa shape index (κ2) is 8.15. The highest BCUT2D eigenvalue weighted by Crippen LogP contribution is 2.26. The van der Waals surface area contributed by atoms with Crippen LogP contribution in [0, 0.1) is 0 Å². The molecule has 1 aliphatic heterocycles. The molecule has 5 rings (SSSR count). The van der Waals surface area contributed by atoms with E-state index in [0.29, 0.717) is 23.5 Å². The van der Waals surface area contributed by atoms with Crippen LogP contribution in [-0.2, 0) is 24.9 Å². The third kappa shape index (κ3) is 3.93. The quantitative estimate of drug-likeness (QED) is 0.493. The minimum Gasteiger partial charge on any atom is -0.324 e. The highest BCUT2D eigenvalue weighted by molar-refractivity contribution is 5.77. The molecule has 0 fully saturated rings. The maximum atomic E-state index is 13.1. The molecule has 2 aromatic carbocycles. The van der Waals surface area contributed by atoms with E-state index in [2.05, 4.69) is 66.7 Å². The Bertz CT molecular complexity index is 1390. The van der Waals surface area contributed by atoms with Crippen LogP contribution >= 0.6 is 0 Å². The van der Waals surface area contributed by atoms with Gasteiger partial charge in [0, 0.05) is 25.0 Å². The summed E-state index contributed by atoms with van der Waals surface area (Å²) in [6.45, 7) is 11.0. The Kier molecular flexibility index (Phi) is 5.29. The van der Waals surface area contributed by atoms with Crippen molar-refractivity contribution in [2.75, 3.05) is 11.9 Å². The first-order chi connectivity index (χ1) is 15.8. The van der Waals surface area contributed by atoms with Gasteiger partial charge in [0.2, 0.25) is 5.95 Å². The van der Waals surface area contributed by atoms with Crippen LogP contribution < -0.4 is 16.2 Å². The van der Waals surface area contributed by atoms with Crippen LogP contribution in [0.5, 0.6) is 0 Å². The van der Waals surface area contributed by atoms with Crippen LogP contribution in [0.25, 0.3) is 16.7 Å². The van der Waals surface area contributed by atoms with E-state index in [1.165, 1.54) is 16.7 Å². The minimum atomic E-state index is -0.0820. The summed E-state index contributed by atoms with van der Waals surface area (Å²) < 4.78 is 3.63. The molecule has 0 radical (unpaired) electrons. The summed E-state index contributed by atoms with van der Waals surface area (Å²) in [5.74, 6) is 0.477. The van der Waals surface area contributed by atoms with Gasteiger partial charge in [0.05, 0.1) is 5.69 Å². The fraction of sp³-hybridized carbons (Fsp3) is 0.346. The monoisotopic (exact) mass is 442 g/mol. The first-order valence-electron chi connectivity index (χ1n) is 11.5. The Balaban J connectivity index is 1.60. The Morgan fingerprint density at radius 1 is 1.12 bits per heavy atom. The minimum absolute atomic E-state index is 0.0000258. The van der Waals surface area contributed by atoms with Gasteiger partial charge >= 0.3 is 0 Å². The molecule has 0 spiro atoms. The van der Waals surface area contributed by atoms with Gasteiger partial charge in [-0.15, -0.1) is 0 Å². The Labute approximate surface area is 193 Å². The lowest BCUT2D eigenvalue weighted by Gasteiger charge is -2.20. The summed E-state index contributed by atoms with van der Waals surface area (Å²) in [7, 11) is 0. The second-order valence-electron chi connectivity index (χ2n) is 9.60. The standard InChI is InChI=1S/C26H30N6O/c1-5-31-24(33)22-16-28-25(29-20-10-9-18-15-27-12-11-17(18)13-20)30-23(22)32(31)21-8-6-7-19(14-21)26(2,3)4/h6-10,13-14,16,27H,5,11-12,15H2,1-4H3,(H,28,29,30). The summed E-state index contributed by atoms with van der Waals surface area (Å²) in [4.78, 5) is 22.3. The number of fused-ring (bicyclic) bond motifs is 2. The fourth-order valence-electron chi connectivity index (χ4n) is 4.42. The van der Waals surface area contributed by atoms with Crippen LogP contribution in [0.3, 0.4) is 0 Å². The Morgan fingerprint density at radius 2 is 1.97 bits per heavy atom. The maximum Gasteiger partial charge on any atom is 0.278 e. The predicted molar refractivity (Wildman–Crippen MR) is 133 cm³/mol. The SMILES string of the molecule is CCn1c(=O)c2cnc(Nc3ccc4c(c3)CCNC4)nc2n1-c1cccc(C(C)(C)C)c1. The zero-order chi connectivity index (χ0) is 23.2. The number of aromatic nitrogens is 4. The summed E-state index contributed by atoms with van der Waals surface area (Å²) in [6.07, 6.45) is 2.64. The number of nitrogens with zero attached hydrogens (tertiary/aromatic N) is 4. The Morgan fingerprint density at radius 3 is 2.76 bits per heavy atom. The molecular weight excluding hydrogens is 412 g/mol. The van der Waals surface area contributed by atoms with E-state index in [4.69, 9.17) is 4.98 Å². The largest absolute Gasteiger partial charge is 0.324 e. The second-order valence-corrected chi connectivity index (χ2v) is 9.60. The number of benzene rings is 2. The predicted octanol–water partition coefficient (Wildman–Crippen LogP) is 4.29. The van der Waals surface area contributed by atoms with Crippen LogP contribution in [0.15, 0.2) is 53.5 Å². The molecule has 0 atom stereocenters. The molecule has 3 heterocycles. The molecule has 0 bridgehead atoms. The molecule has 0 amide bonds. The zero-order valence-corrected chi connectivity index (χ0v) is 19.6. The van der Waals surface area contributed by atoms with Crippen LogP contribution in [0.1, 0.15) is 44.4 Å². The zero-order valence-electron chi connectivity index (χ0n) is 19.6. The van der Waals surface area contributed by atoms with E-state index in [9.17, 15) is 4.79 Å². The summed E-state index contributed by atoms with van der Waals surface area (Å²) in [5.41, 5.74) is 6.27. The van der Waals surface area contributed by atoms with Crippen molar-refractivity contribution in [3.05, 3.63) is 75.7 Å². The maximum absolute atomic E-state index is 13.1. The molecule has 33 heavy (non-hydrogen) atoms. The lowest BCUT2D eigenvalue weighted by Crippen LogP contribution is -2.23. The first-order valence-corrected chi connectivity index (χ1v) is 11.5. The smallest absolute Gasteiger partial charge is 0.278 e. The van der Waals surface area contributed by atoms with Crippen molar-refractivity contribution in [1.82, 2.24) is 24.6 Å². The van der Waals surface area contributed by atoms with Crippen molar-refractivity contribution in [1.29, 1.82) is 0 Å². The number of hydrogen-bond acceptors (Lipinski definition) is 5. The summed E-state index contributed by atoms with van der Waals surface area (Å²) in [6, 6.07) is 14.7. The third-order valence-corrected chi connectivity index (χ3v) is 6.28. The molecule has 0 saturated heterocycles. The lowest BCUT2D eigenvalue weighted by atomic mass is 9.87. The van der Waals surface area contributed by atoms with E-state index >= 15 is 0 Å². The Hall–Kier alpha value is -3.45. The fourth-order valence-corrected chi connectivity index (χ4v) is 4.42. The molecule has 0 unspecified atom stereocenters. The van der Waals surface area contributed by atoms with Gasteiger partial charge in [-0.3, -0.25) is 4.79 Å². The number of nitrogens with one attached hydrogen (secondary N) is 2. The van der Waals surface area contributed by atoms with Gasteiger partial charge in [0.25, 0.3) is 5.56 Å². The van der Waals surface area contributed by atoms with Gasteiger partial charge in [0.1, 0.15) is 5.39 Å². The van der Waals surface area contributed by atoms with E-state index in [0.717, 1.165) is 30.9 Å². The van der Waals surface area contributed by atoms with Gasteiger partial charge in [-0.25, -0.2) is 14.3 Å². The van der Waals surface area contributed by atoms with E-state index in [1.807, 2.05) is 23.7 Å². The van der Waals surface area contributed by atoms with Crippen molar-refractivity contribution in [3.8, 4) is 5.69 Å². The van der Waals surface area contributed by atoms with Crippen molar-refractivity contribution in [3.63, 3.8) is 0 Å². The van der Waals surface area contributed by atoms with E-state index in [-0.39, 0.29) is 11.0 Å². The first kappa shape index (κ1) is 21.4. The average molecular weight is 443 g/mol. The molecule has 4 aromatic rings. The molecule has 7 nitrogen and oxygen atoms in total. The summed E-state index contributed by atoms with van der Waals surface area (Å²) in [5, 5.41) is 7.25. The van der Waals surface area contributed by atoms with Crippen LogP contribution in [0.2, 0.25) is 0 Å².